The van der Waals surface area contributed by atoms with E-state index in [4.69, 9.17) is 5.41 Å². The fourth-order valence-corrected chi connectivity index (χ4v) is 2.62. The van der Waals surface area contributed by atoms with Crippen molar-refractivity contribution in [2.45, 2.75) is 6.42 Å². The van der Waals surface area contributed by atoms with Crippen molar-refractivity contribution in [3.63, 3.8) is 0 Å². The van der Waals surface area contributed by atoms with Crippen molar-refractivity contribution in [3.8, 4) is 0 Å². The molecule has 0 bridgehead atoms. The van der Waals surface area contributed by atoms with E-state index >= 15 is 0 Å². The SMILES string of the molecule is N=C1C2=CC=CCC2C2=CC=CC=CC12. The van der Waals surface area contributed by atoms with Crippen LogP contribution in [0, 0.1) is 17.2 Å². The highest BCUT2D eigenvalue weighted by Crippen LogP contribution is 2.43. The quantitative estimate of drug-likeness (QED) is 0.613. The van der Waals surface area contributed by atoms with Gasteiger partial charge in [-0.3, -0.25) is 0 Å². The third-order valence-corrected chi connectivity index (χ3v) is 3.36. The predicted octanol–water partition coefficient (Wildman–Crippen LogP) is 3.19. The average molecular weight is 195 g/mol. The van der Waals surface area contributed by atoms with Gasteiger partial charge in [-0.1, -0.05) is 48.6 Å². The van der Waals surface area contributed by atoms with Gasteiger partial charge in [0.1, 0.15) is 0 Å². The van der Waals surface area contributed by atoms with Gasteiger partial charge in [-0.2, -0.15) is 0 Å². The van der Waals surface area contributed by atoms with E-state index in [1.54, 1.807) is 0 Å². The first-order chi connectivity index (χ1) is 7.38. The Labute approximate surface area is 89.7 Å². The summed E-state index contributed by atoms with van der Waals surface area (Å²) in [6, 6.07) is 0. The Balaban J connectivity index is 2.13. The van der Waals surface area contributed by atoms with Crippen molar-refractivity contribution >= 4 is 5.71 Å². The molecule has 0 aromatic carbocycles. The summed E-state index contributed by atoms with van der Waals surface area (Å²) >= 11 is 0. The second-order valence-electron chi connectivity index (χ2n) is 4.17. The lowest BCUT2D eigenvalue weighted by molar-refractivity contribution is 0.742. The van der Waals surface area contributed by atoms with E-state index in [1.807, 2.05) is 12.2 Å². The van der Waals surface area contributed by atoms with Gasteiger partial charge in [-0.25, -0.2) is 0 Å². The molecular formula is C14H13N. The van der Waals surface area contributed by atoms with Crippen LogP contribution in [-0.4, -0.2) is 5.71 Å². The zero-order valence-electron chi connectivity index (χ0n) is 8.48. The molecule has 1 heteroatoms. The monoisotopic (exact) mass is 195 g/mol. The van der Waals surface area contributed by atoms with Crippen molar-refractivity contribution in [2.24, 2.45) is 11.8 Å². The van der Waals surface area contributed by atoms with Gasteiger partial charge in [0, 0.05) is 17.5 Å². The summed E-state index contributed by atoms with van der Waals surface area (Å²) in [5.74, 6) is 0.677. The first-order valence-electron chi connectivity index (χ1n) is 5.38. The number of hydrogen-bond acceptors (Lipinski definition) is 1. The predicted molar refractivity (Wildman–Crippen MR) is 62.9 cm³/mol. The van der Waals surface area contributed by atoms with E-state index in [1.165, 1.54) is 11.1 Å². The molecule has 2 unspecified atom stereocenters. The molecule has 3 aliphatic carbocycles. The van der Waals surface area contributed by atoms with Gasteiger partial charge in [0.25, 0.3) is 0 Å². The summed E-state index contributed by atoms with van der Waals surface area (Å²) in [7, 11) is 0. The normalized spacial score (nSPS) is 31.9. The second kappa shape index (κ2) is 3.20. The van der Waals surface area contributed by atoms with Crippen LogP contribution in [0.5, 0.6) is 0 Å². The fraction of sp³-hybridized carbons (Fsp3) is 0.214. The van der Waals surface area contributed by atoms with E-state index in [-0.39, 0.29) is 5.92 Å². The van der Waals surface area contributed by atoms with Crippen molar-refractivity contribution < 1.29 is 0 Å². The summed E-state index contributed by atoms with van der Waals surface area (Å²) in [5, 5.41) is 8.17. The highest BCUT2D eigenvalue weighted by atomic mass is 14.5. The molecule has 0 aromatic heterocycles. The maximum atomic E-state index is 8.17. The molecule has 3 aliphatic rings. The minimum absolute atomic E-state index is 0.219. The van der Waals surface area contributed by atoms with Crippen LogP contribution in [0.1, 0.15) is 6.42 Å². The summed E-state index contributed by atoms with van der Waals surface area (Å²) in [6.45, 7) is 0. The molecule has 3 rings (SSSR count). The Morgan fingerprint density at radius 1 is 1.07 bits per heavy atom. The molecule has 1 fully saturated rings. The van der Waals surface area contributed by atoms with Gasteiger partial charge in [-0.05, 0) is 17.6 Å². The third-order valence-electron chi connectivity index (χ3n) is 3.36. The van der Waals surface area contributed by atoms with Gasteiger partial charge in [-0.15, -0.1) is 0 Å². The van der Waals surface area contributed by atoms with E-state index in [2.05, 4.69) is 36.5 Å². The summed E-state index contributed by atoms with van der Waals surface area (Å²) in [5.41, 5.74) is 3.39. The fourth-order valence-electron chi connectivity index (χ4n) is 2.62. The summed E-state index contributed by atoms with van der Waals surface area (Å²) < 4.78 is 0. The lowest BCUT2D eigenvalue weighted by atomic mass is 9.90. The van der Waals surface area contributed by atoms with E-state index in [0.29, 0.717) is 5.92 Å². The number of rotatable bonds is 0. The van der Waals surface area contributed by atoms with Crippen LogP contribution in [0.2, 0.25) is 0 Å². The Morgan fingerprint density at radius 3 is 2.93 bits per heavy atom. The molecular weight excluding hydrogens is 182 g/mol. The maximum Gasteiger partial charge on any atom is 0.0461 e. The number of nitrogens with one attached hydrogen (secondary N) is 1. The van der Waals surface area contributed by atoms with Crippen molar-refractivity contribution in [3.05, 3.63) is 59.8 Å². The third kappa shape index (κ3) is 1.19. The lowest BCUT2D eigenvalue weighted by Gasteiger charge is -2.14. The topological polar surface area (TPSA) is 23.9 Å². The molecule has 0 amide bonds. The Hall–Kier alpha value is -1.63. The van der Waals surface area contributed by atoms with Crippen LogP contribution in [0.15, 0.2) is 59.8 Å². The molecule has 15 heavy (non-hydrogen) atoms. The van der Waals surface area contributed by atoms with Crippen LogP contribution in [0.4, 0.5) is 0 Å². The molecule has 2 atom stereocenters. The van der Waals surface area contributed by atoms with Crippen molar-refractivity contribution in [1.29, 1.82) is 5.41 Å². The Kier molecular flexibility index (Phi) is 1.84. The molecule has 0 radical (unpaired) electrons. The van der Waals surface area contributed by atoms with E-state index < -0.39 is 0 Å². The van der Waals surface area contributed by atoms with Crippen LogP contribution in [0.3, 0.4) is 0 Å². The van der Waals surface area contributed by atoms with Gasteiger partial charge >= 0.3 is 0 Å². The van der Waals surface area contributed by atoms with Gasteiger partial charge in [0.2, 0.25) is 0 Å². The zero-order valence-corrected chi connectivity index (χ0v) is 8.48. The standard InChI is InChI=1S/C14H13N/c15-14-12-8-3-1-2-6-10(12)11-7-4-5-9-13(11)14/h1-6,8-9,11-12,15H,7H2. The maximum absolute atomic E-state index is 8.17. The van der Waals surface area contributed by atoms with Crippen LogP contribution >= 0.6 is 0 Å². The van der Waals surface area contributed by atoms with Crippen LogP contribution < -0.4 is 0 Å². The Bertz CT molecular complexity index is 458. The molecule has 1 N–H and O–H groups in total. The highest BCUT2D eigenvalue weighted by molar-refractivity contribution is 6.07. The van der Waals surface area contributed by atoms with E-state index in [0.717, 1.165) is 12.1 Å². The molecule has 0 spiro atoms. The van der Waals surface area contributed by atoms with Gasteiger partial charge < -0.3 is 5.41 Å². The zero-order chi connectivity index (χ0) is 10.3. The number of allylic oxidation sites excluding steroid dienone is 10. The summed E-state index contributed by atoms with van der Waals surface area (Å²) in [6.07, 6.45) is 17.9. The largest absolute Gasteiger partial charge is 0.304 e. The molecule has 0 heterocycles. The van der Waals surface area contributed by atoms with Gasteiger partial charge in [0.15, 0.2) is 0 Å². The van der Waals surface area contributed by atoms with Crippen LogP contribution in [0.25, 0.3) is 0 Å². The molecule has 0 saturated heterocycles. The molecule has 1 saturated carbocycles. The van der Waals surface area contributed by atoms with Gasteiger partial charge in [0.05, 0.1) is 0 Å². The molecule has 74 valence electrons. The van der Waals surface area contributed by atoms with Crippen LogP contribution in [-0.2, 0) is 0 Å². The first kappa shape index (κ1) is 8.66. The van der Waals surface area contributed by atoms with E-state index in [9.17, 15) is 0 Å². The Morgan fingerprint density at radius 2 is 2.00 bits per heavy atom. The smallest absolute Gasteiger partial charge is 0.0461 e. The molecule has 1 nitrogen and oxygen atoms in total. The lowest BCUT2D eigenvalue weighted by Crippen LogP contribution is -2.04. The van der Waals surface area contributed by atoms with Crippen molar-refractivity contribution in [2.75, 3.05) is 0 Å². The average Bonchev–Trinajstić information content (AvgIpc) is 2.48. The molecule has 0 aromatic rings. The summed E-state index contributed by atoms with van der Waals surface area (Å²) in [4.78, 5) is 0. The number of fused-ring (bicyclic) bond motifs is 3. The first-order valence-corrected chi connectivity index (χ1v) is 5.38. The second-order valence-corrected chi connectivity index (χ2v) is 4.17. The highest BCUT2D eigenvalue weighted by Gasteiger charge is 2.37. The number of hydrogen-bond donors (Lipinski definition) is 1. The minimum atomic E-state index is 0.219. The minimum Gasteiger partial charge on any atom is -0.304 e. The van der Waals surface area contributed by atoms with Crippen molar-refractivity contribution in [1.82, 2.24) is 0 Å². The molecule has 0 aliphatic heterocycles.